The number of benzene rings is 1. The largest absolute Gasteiger partial charge is 0.478 e. The first-order valence-corrected chi connectivity index (χ1v) is 6.83. The van der Waals surface area contributed by atoms with Crippen molar-refractivity contribution in [3.8, 4) is 0 Å². The second kappa shape index (κ2) is 5.67. The highest BCUT2D eigenvalue weighted by atomic mass is 35.5. The molecule has 20 heavy (non-hydrogen) atoms. The Kier molecular flexibility index (Phi) is 4.14. The molecule has 0 unspecified atom stereocenters. The summed E-state index contributed by atoms with van der Waals surface area (Å²) in [6.07, 6.45) is 0. The summed E-state index contributed by atoms with van der Waals surface area (Å²) in [6, 6.07) is 7.98. The Morgan fingerprint density at radius 2 is 2.15 bits per heavy atom. The molecule has 1 heterocycles. The number of hydrogen-bond donors (Lipinski definition) is 1. The molecule has 1 aromatic heterocycles. The summed E-state index contributed by atoms with van der Waals surface area (Å²) in [5.74, 6) is -1.02. The molecular formula is C15H17ClN2O2. The molecule has 0 bridgehead atoms. The number of aryl methyl sites for hydroxylation is 1. The lowest BCUT2D eigenvalue weighted by atomic mass is 10.1. The molecule has 0 aliphatic rings. The fourth-order valence-electron chi connectivity index (χ4n) is 2.15. The quantitative estimate of drug-likeness (QED) is 0.934. The smallest absolute Gasteiger partial charge is 0.340 e. The Hall–Kier alpha value is -1.81. The van der Waals surface area contributed by atoms with Gasteiger partial charge in [0, 0.05) is 0 Å². The van der Waals surface area contributed by atoms with E-state index < -0.39 is 5.97 Å². The number of nitrogens with zero attached hydrogens (tertiary/aromatic N) is 2. The Labute approximate surface area is 123 Å². The van der Waals surface area contributed by atoms with Crippen molar-refractivity contribution in [3.05, 3.63) is 51.8 Å². The maximum absolute atomic E-state index is 11.3. The van der Waals surface area contributed by atoms with Crippen LogP contribution in [0.1, 0.15) is 46.9 Å². The molecule has 0 spiro atoms. The van der Waals surface area contributed by atoms with Crippen LogP contribution < -0.4 is 0 Å². The van der Waals surface area contributed by atoms with E-state index in [1.807, 2.05) is 45.0 Å². The van der Waals surface area contributed by atoms with E-state index in [-0.39, 0.29) is 16.6 Å². The number of aromatic carboxylic acids is 1. The molecule has 4 nitrogen and oxygen atoms in total. The molecule has 0 aliphatic heterocycles. The average Bonchev–Trinajstić information content (AvgIpc) is 2.67. The third-order valence-electron chi connectivity index (χ3n) is 3.09. The molecule has 5 heteroatoms. The van der Waals surface area contributed by atoms with Crippen molar-refractivity contribution in [2.24, 2.45) is 0 Å². The van der Waals surface area contributed by atoms with Gasteiger partial charge in [-0.25, -0.2) is 9.48 Å². The number of carboxylic acids is 1. The minimum atomic E-state index is -1.03. The minimum absolute atomic E-state index is 0.0114. The van der Waals surface area contributed by atoms with Gasteiger partial charge >= 0.3 is 5.97 Å². The molecule has 1 aromatic carbocycles. The Bertz CT molecular complexity index is 647. The average molecular weight is 293 g/mol. The monoisotopic (exact) mass is 292 g/mol. The molecule has 0 radical (unpaired) electrons. The van der Waals surface area contributed by atoms with Crippen LogP contribution in [-0.2, 0) is 6.54 Å². The standard InChI is InChI=1S/C15H17ClN2O2/c1-9(2)13-12(15(19)20)14(16)18(17-13)8-11-6-4-5-10(3)7-11/h4-7,9H,8H2,1-3H3,(H,19,20). The van der Waals surface area contributed by atoms with E-state index in [1.54, 1.807) is 4.68 Å². The van der Waals surface area contributed by atoms with Crippen LogP contribution in [0.2, 0.25) is 5.15 Å². The van der Waals surface area contributed by atoms with Crippen molar-refractivity contribution < 1.29 is 9.90 Å². The zero-order valence-electron chi connectivity index (χ0n) is 11.7. The molecule has 0 aliphatic carbocycles. The first kappa shape index (κ1) is 14.6. The highest BCUT2D eigenvalue weighted by molar-refractivity contribution is 6.32. The van der Waals surface area contributed by atoms with E-state index in [9.17, 15) is 9.90 Å². The maximum atomic E-state index is 11.3. The lowest BCUT2D eigenvalue weighted by molar-refractivity contribution is 0.0695. The number of halogens is 1. The first-order valence-electron chi connectivity index (χ1n) is 6.45. The van der Waals surface area contributed by atoms with Gasteiger partial charge < -0.3 is 5.11 Å². The number of hydrogen-bond acceptors (Lipinski definition) is 2. The predicted molar refractivity (Wildman–Crippen MR) is 78.6 cm³/mol. The van der Waals surface area contributed by atoms with E-state index in [0.717, 1.165) is 11.1 Å². The van der Waals surface area contributed by atoms with Crippen LogP contribution in [0.5, 0.6) is 0 Å². The van der Waals surface area contributed by atoms with Gasteiger partial charge in [0.05, 0.1) is 12.2 Å². The van der Waals surface area contributed by atoms with Crippen molar-refractivity contribution in [2.75, 3.05) is 0 Å². The highest BCUT2D eigenvalue weighted by Crippen LogP contribution is 2.26. The Morgan fingerprint density at radius 1 is 1.45 bits per heavy atom. The molecule has 2 rings (SSSR count). The molecule has 0 amide bonds. The van der Waals surface area contributed by atoms with E-state index in [1.165, 1.54) is 0 Å². The lowest BCUT2D eigenvalue weighted by Gasteiger charge is -2.04. The lowest BCUT2D eigenvalue weighted by Crippen LogP contribution is -2.03. The van der Waals surface area contributed by atoms with Crippen LogP contribution in [0.3, 0.4) is 0 Å². The van der Waals surface area contributed by atoms with Crippen LogP contribution in [-0.4, -0.2) is 20.9 Å². The van der Waals surface area contributed by atoms with Crippen molar-refractivity contribution in [2.45, 2.75) is 33.2 Å². The van der Waals surface area contributed by atoms with Gasteiger partial charge in [0.1, 0.15) is 10.7 Å². The van der Waals surface area contributed by atoms with Gasteiger partial charge in [-0.3, -0.25) is 0 Å². The Morgan fingerprint density at radius 3 is 2.65 bits per heavy atom. The minimum Gasteiger partial charge on any atom is -0.478 e. The third kappa shape index (κ3) is 2.85. The van der Waals surface area contributed by atoms with E-state index in [0.29, 0.717) is 12.2 Å². The molecule has 0 fully saturated rings. The van der Waals surface area contributed by atoms with Crippen molar-refractivity contribution >= 4 is 17.6 Å². The summed E-state index contributed by atoms with van der Waals surface area (Å²) in [7, 11) is 0. The Balaban J connectivity index is 2.43. The molecule has 1 N–H and O–H groups in total. The summed E-state index contributed by atoms with van der Waals surface area (Å²) in [4.78, 5) is 11.3. The van der Waals surface area contributed by atoms with E-state index in [4.69, 9.17) is 11.6 Å². The number of rotatable bonds is 4. The number of carboxylic acid groups (broad SMARTS) is 1. The maximum Gasteiger partial charge on any atom is 0.340 e. The molecule has 106 valence electrons. The van der Waals surface area contributed by atoms with Crippen LogP contribution in [0.15, 0.2) is 24.3 Å². The topological polar surface area (TPSA) is 55.1 Å². The van der Waals surface area contributed by atoms with Crippen molar-refractivity contribution in [1.29, 1.82) is 0 Å². The van der Waals surface area contributed by atoms with E-state index >= 15 is 0 Å². The highest BCUT2D eigenvalue weighted by Gasteiger charge is 2.23. The first-order chi connectivity index (χ1) is 9.40. The van der Waals surface area contributed by atoms with Gasteiger partial charge in [0.2, 0.25) is 0 Å². The van der Waals surface area contributed by atoms with Crippen LogP contribution in [0.4, 0.5) is 0 Å². The van der Waals surface area contributed by atoms with Gasteiger partial charge in [-0.1, -0.05) is 55.3 Å². The molecule has 0 saturated carbocycles. The molecule has 0 atom stereocenters. The third-order valence-corrected chi connectivity index (χ3v) is 3.48. The van der Waals surface area contributed by atoms with Crippen molar-refractivity contribution in [1.82, 2.24) is 9.78 Å². The normalized spacial score (nSPS) is 11.1. The van der Waals surface area contributed by atoms with Crippen LogP contribution >= 0.6 is 11.6 Å². The number of carbonyl (C=O) groups is 1. The molecule has 0 saturated heterocycles. The predicted octanol–water partition coefficient (Wildman–Crippen LogP) is 3.71. The SMILES string of the molecule is Cc1cccc(Cn2nc(C(C)C)c(C(=O)O)c2Cl)c1. The summed E-state index contributed by atoms with van der Waals surface area (Å²) in [5.41, 5.74) is 2.82. The van der Waals surface area contributed by atoms with E-state index in [2.05, 4.69) is 5.10 Å². The summed E-state index contributed by atoms with van der Waals surface area (Å²) >= 11 is 6.18. The van der Waals surface area contributed by atoms with Gasteiger partial charge in [0.25, 0.3) is 0 Å². The fraction of sp³-hybridized carbons (Fsp3) is 0.333. The van der Waals surface area contributed by atoms with Gasteiger partial charge in [-0.05, 0) is 18.4 Å². The summed E-state index contributed by atoms with van der Waals surface area (Å²) in [5, 5.41) is 13.8. The molecule has 2 aromatic rings. The zero-order valence-corrected chi connectivity index (χ0v) is 12.5. The zero-order chi connectivity index (χ0) is 14.9. The van der Waals surface area contributed by atoms with Gasteiger partial charge in [-0.15, -0.1) is 0 Å². The van der Waals surface area contributed by atoms with Crippen LogP contribution in [0.25, 0.3) is 0 Å². The summed E-state index contributed by atoms with van der Waals surface area (Å²) < 4.78 is 1.55. The van der Waals surface area contributed by atoms with Crippen LogP contribution in [0, 0.1) is 6.92 Å². The second-order valence-corrected chi connectivity index (χ2v) is 5.52. The van der Waals surface area contributed by atoms with Gasteiger partial charge in [0.15, 0.2) is 0 Å². The van der Waals surface area contributed by atoms with Gasteiger partial charge in [-0.2, -0.15) is 5.10 Å². The fourth-order valence-corrected chi connectivity index (χ4v) is 2.42. The number of aromatic nitrogens is 2. The van der Waals surface area contributed by atoms with Crippen molar-refractivity contribution in [3.63, 3.8) is 0 Å². The summed E-state index contributed by atoms with van der Waals surface area (Å²) in [6.45, 7) is 6.29. The second-order valence-electron chi connectivity index (χ2n) is 5.16. The molecular weight excluding hydrogens is 276 g/mol.